The Labute approximate surface area is 139 Å². The molecule has 0 spiro atoms. The van der Waals surface area contributed by atoms with Gasteiger partial charge in [-0.1, -0.05) is 65.6 Å². The van der Waals surface area contributed by atoms with Gasteiger partial charge >= 0.3 is 0 Å². The first-order valence-corrected chi connectivity index (χ1v) is 8.17. The van der Waals surface area contributed by atoms with Crippen LogP contribution in [0.25, 0.3) is 0 Å². The standard InChI is InChI=1S/C17H20BrClN2/c1-11(2)13-5-3-12(4-6-13)7-17(21-20)14-8-15(18)10-16(19)9-14/h3-6,8-11,17,21H,7,20H2,1-2H3. The van der Waals surface area contributed by atoms with Crippen LogP contribution >= 0.6 is 27.5 Å². The van der Waals surface area contributed by atoms with Crippen molar-refractivity contribution in [3.63, 3.8) is 0 Å². The molecular weight excluding hydrogens is 348 g/mol. The lowest BCUT2D eigenvalue weighted by atomic mass is 9.96. The van der Waals surface area contributed by atoms with Gasteiger partial charge in [-0.25, -0.2) is 0 Å². The van der Waals surface area contributed by atoms with Gasteiger partial charge in [0.1, 0.15) is 0 Å². The van der Waals surface area contributed by atoms with Gasteiger partial charge in [-0.2, -0.15) is 0 Å². The van der Waals surface area contributed by atoms with E-state index in [0.717, 1.165) is 16.5 Å². The van der Waals surface area contributed by atoms with E-state index >= 15 is 0 Å². The van der Waals surface area contributed by atoms with Crippen molar-refractivity contribution >= 4 is 27.5 Å². The van der Waals surface area contributed by atoms with E-state index in [1.54, 1.807) is 0 Å². The highest BCUT2D eigenvalue weighted by molar-refractivity contribution is 9.10. The highest BCUT2D eigenvalue weighted by Gasteiger charge is 2.12. The zero-order valence-electron chi connectivity index (χ0n) is 12.2. The third kappa shape index (κ3) is 4.55. The molecule has 0 radical (unpaired) electrons. The number of hydrazine groups is 1. The average Bonchev–Trinajstić information content (AvgIpc) is 2.44. The zero-order valence-corrected chi connectivity index (χ0v) is 14.6. The average molecular weight is 368 g/mol. The largest absolute Gasteiger partial charge is 0.271 e. The van der Waals surface area contributed by atoms with Gasteiger partial charge in [0, 0.05) is 9.50 Å². The maximum absolute atomic E-state index is 6.11. The quantitative estimate of drug-likeness (QED) is 0.578. The summed E-state index contributed by atoms with van der Waals surface area (Å²) in [6.07, 6.45) is 0.821. The second kappa shape index (κ2) is 7.41. The third-order valence-electron chi connectivity index (χ3n) is 3.57. The first-order valence-electron chi connectivity index (χ1n) is 7.00. The van der Waals surface area contributed by atoms with Crippen molar-refractivity contribution in [3.8, 4) is 0 Å². The summed E-state index contributed by atoms with van der Waals surface area (Å²) in [5.41, 5.74) is 6.55. The summed E-state index contributed by atoms with van der Waals surface area (Å²) in [7, 11) is 0. The lowest BCUT2D eigenvalue weighted by Gasteiger charge is -2.18. The van der Waals surface area contributed by atoms with Gasteiger partial charge < -0.3 is 0 Å². The molecule has 0 amide bonds. The maximum Gasteiger partial charge on any atom is 0.0501 e. The molecule has 2 rings (SSSR count). The first kappa shape index (κ1) is 16.5. The van der Waals surface area contributed by atoms with Crippen molar-refractivity contribution in [1.82, 2.24) is 5.43 Å². The molecule has 112 valence electrons. The van der Waals surface area contributed by atoms with Crippen molar-refractivity contribution in [1.29, 1.82) is 0 Å². The number of nitrogens with one attached hydrogen (secondary N) is 1. The summed E-state index contributed by atoms with van der Waals surface area (Å²) in [5, 5.41) is 0.704. The van der Waals surface area contributed by atoms with Crippen molar-refractivity contribution < 1.29 is 0 Å². The second-order valence-corrected chi connectivity index (χ2v) is 6.87. The minimum atomic E-state index is 0.0323. The third-order valence-corrected chi connectivity index (χ3v) is 4.25. The van der Waals surface area contributed by atoms with Gasteiger partial charge in [-0.3, -0.25) is 11.3 Å². The topological polar surface area (TPSA) is 38.0 Å². The summed E-state index contributed by atoms with van der Waals surface area (Å²) in [5.74, 6) is 6.27. The highest BCUT2D eigenvalue weighted by atomic mass is 79.9. The Morgan fingerprint density at radius 1 is 1.10 bits per heavy atom. The Morgan fingerprint density at radius 2 is 1.76 bits per heavy atom. The van der Waals surface area contributed by atoms with Crippen LogP contribution in [-0.2, 0) is 6.42 Å². The van der Waals surface area contributed by atoms with Crippen molar-refractivity contribution in [2.24, 2.45) is 5.84 Å². The molecule has 2 aromatic carbocycles. The Balaban J connectivity index is 2.18. The Morgan fingerprint density at radius 3 is 2.29 bits per heavy atom. The van der Waals surface area contributed by atoms with Gasteiger partial charge in [0.2, 0.25) is 0 Å². The molecule has 2 nitrogen and oxygen atoms in total. The van der Waals surface area contributed by atoms with E-state index in [1.807, 2.05) is 18.2 Å². The second-order valence-electron chi connectivity index (χ2n) is 5.52. The Hall–Kier alpha value is -0.870. The molecule has 0 saturated heterocycles. The minimum Gasteiger partial charge on any atom is -0.271 e. The van der Waals surface area contributed by atoms with Crippen LogP contribution in [0.1, 0.15) is 42.5 Å². The van der Waals surface area contributed by atoms with Crippen LogP contribution in [-0.4, -0.2) is 0 Å². The van der Waals surface area contributed by atoms with Crippen molar-refractivity contribution in [2.45, 2.75) is 32.2 Å². The van der Waals surface area contributed by atoms with Crippen LogP contribution < -0.4 is 11.3 Å². The molecule has 0 aliphatic carbocycles. The normalized spacial score (nSPS) is 12.7. The summed E-state index contributed by atoms with van der Waals surface area (Å²) in [6, 6.07) is 14.6. The van der Waals surface area contributed by atoms with Crippen LogP contribution in [0.2, 0.25) is 5.02 Å². The molecule has 2 aromatic rings. The van der Waals surface area contributed by atoms with Gasteiger partial charge in [-0.15, -0.1) is 0 Å². The molecule has 0 fully saturated rings. The van der Waals surface area contributed by atoms with E-state index in [1.165, 1.54) is 11.1 Å². The number of hydrogen-bond donors (Lipinski definition) is 2. The lowest BCUT2D eigenvalue weighted by molar-refractivity contribution is 0.551. The molecule has 0 saturated carbocycles. The fraction of sp³-hybridized carbons (Fsp3) is 0.294. The smallest absolute Gasteiger partial charge is 0.0501 e. The van der Waals surface area contributed by atoms with Crippen LogP contribution in [0.5, 0.6) is 0 Å². The number of halogens is 2. The fourth-order valence-electron chi connectivity index (χ4n) is 2.32. The van der Waals surface area contributed by atoms with E-state index in [9.17, 15) is 0 Å². The van der Waals surface area contributed by atoms with E-state index < -0.39 is 0 Å². The highest BCUT2D eigenvalue weighted by Crippen LogP contribution is 2.26. The molecule has 0 aliphatic heterocycles. The minimum absolute atomic E-state index is 0.0323. The van der Waals surface area contributed by atoms with Crippen LogP contribution in [0.3, 0.4) is 0 Å². The van der Waals surface area contributed by atoms with Crippen LogP contribution in [0, 0.1) is 0 Å². The SMILES string of the molecule is CC(C)c1ccc(CC(NN)c2cc(Cl)cc(Br)c2)cc1. The number of hydrogen-bond acceptors (Lipinski definition) is 2. The lowest BCUT2D eigenvalue weighted by Crippen LogP contribution is -2.29. The van der Waals surface area contributed by atoms with E-state index in [4.69, 9.17) is 17.4 Å². The van der Waals surface area contributed by atoms with E-state index in [0.29, 0.717) is 10.9 Å². The number of benzene rings is 2. The summed E-state index contributed by atoms with van der Waals surface area (Å²) < 4.78 is 0.959. The Kier molecular flexibility index (Phi) is 5.82. The fourth-order valence-corrected chi connectivity index (χ4v) is 3.21. The first-order chi connectivity index (χ1) is 9.99. The van der Waals surface area contributed by atoms with E-state index in [2.05, 4.69) is 59.5 Å². The van der Waals surface area contributed by atoms with Crippen LogP contribution in [0.4, 0.5) is 0 Å². The summed E-state index contributed by atoms with van der Waals surface area (Å²) >= 11 is 9.58. The molecule has 1 atom stereocenters. The molecule has 1 unspecified atom stereocenters. The molecule has 0 bridgehead atoms. The molecule has 3 N–H and O–H groups in total. The predicted octanol–water partition coefficient (Wildman–Crippen LogP) is 4.97. The number of rotatable bonds is 5. The van der Waals surface area contributed by atoms with Crippen LogP contribution in [0.15, 0.2) is 46.9 Å². The van der Waals surface area contributed by atoms with Crippen molar-refractivity contribution in [2.75, 3.05) is 0 Å². The molecular formula is C17H20BrClN2. The summed E-state index contributed by atoms with van der Waals surface area (Å²) in [6.45, 7) is 4.39. The monoisotopic (exact) mass is 366 g/mol. The van der Waals surface area contributed by atoms with Gasteiger partial charge in [-0.05, 0) is 47.2 Å². The maximum atomic E-state index is 6.11. The van der Waals surface area contributed by atoms with Gasteiger partial charge in [0.15, 0.2) is 0 Å². The predicted molar refractivity (Wildman–Crippen MR) is 93.5 cm³/mol. The summed E-state index contributed by atoms with van der Waals surface area (Å²) in [4.78, 5) is 0. The zero-order chi connectivity index (χ0) is 15.4. The molecule has 4 heteroatoms. The number of nitrogens with two attached hydrogens (primary N) is 1. The molecule has 0 aromatic heterocycles. The molecule has 0 aliphatic rings. The Bertz CT molecular complexity index is 576. The molecule has 21 heavy (non-hydrogen) atoms. The molecule has 0 heterocycles. The van der Waals surface area contributed by atoms with E-state index in [-0.39, 0.29) is 6.04 Å². The van der Waals surface area contributed by atoms with Gasteiger partial charge in [0.05, 0.1) is 6.04 Å². The van der Waals surface area contributed by atoms with Gasteiger partial charge in [0.25, 0.3) is 0 Å². The van der Waals surface area contributed by atoms with Crippen molar-refractivity contribution in [3.05, 3.63) is 68.7 Å².